The van der Waals surface area contributed by atoms with E-state index in [0.29, 0.717) is 0 Å². The van der Waals surface area contributed by atoms with Gasteiger partial charge >= 0.3 is 0 Å². The number of allylic oxidation sites excluding steroid dienone is 2. The molecule has 0 fully saturated rings. The summed E-state index contributed by atoms with van der Waals surface area (Å²) >= 11 is 0. The number of nitrogens with zero attached hydrogens (tertiary/aromatic N) is 1. The number of aromatic nitrogens is 1. The van der Waals surface area contributed by atoms with Crippen molar-refractivity contribution < 1.29 is 4.74 Å². The van der Waals surface area contributed by atoms with Gasteiger partial charge in [0, 0.05) is 16.5 Å². The van der Waals surface area contributed by atoms with Crippen molar-refractivity contribution in [3.8, 4) is 45.0 Å². The van der Waals surface area contributed by atoms with Crippen LogP contribution in [-0.4, -0.2) is 4.98 Å². The van der Waals surface area contributed by atoms with Crippen LogP contribution in [0.25, 0.3) is 61.1 Å². The fourth-order valence-electron chi connectivity index (χ4n) is 6.66. The van der Waals surface area contributed by atoms with Crippen LogP contribution in [0.2, 0.25) is 0 Å². The number of hydrogen-bond donors (Lipinski definition) is 1. The molecule has 0 saturated carbocycles. The van der Waals surface area contributed by atoms with Gasteiger partial charge in [0.1, 0.15) is 11.5 Å². The molecule has 1 unspecified atom stereocenters. The molecule has 9 rings (SSSR count). The van der Waals surface area contributed by atoms with E-state index >= 15 is 0 Å². The summed E-state index contributed by atoms with van der Waals surface area (Å²) in [7, 11) is 0. The Balaban J connectivity index is 1.23. The van der Waals surface area contributed by atoms with Crippen LogP contribution >= 0.6 is 0 Å². The van der Waals surface area contributed by atoms with E-state index in [9.17, 15) is 0 Å². The van der Waals surface area contributed by atoms with Gasteiger partial charge in [-0.3, -0.25) is 0 Å². The van der Waals surface area contributed by atoms with Gasteiger partial charge in [0.15, 0.2) is 0 Å². The van der Waals surface area contributed by atoms with Crippen LogP contribution in [0, 0.1) is 0 Å². The third-order valence-corrected chi connectivity index (χ3v) is 8.56. The van der Waals surface area contributed by atoms with E-state index in [1.807, 2.05) is 24.4 Å². The molecular weight excluding hydrogens is 500 g/mol. The zero-order valence-corrected chi connectivity index (χ0v) is 22.1. The SMILES string of the molecule is C1=CNC2C(=C1)C=Cc1ccc(-c3ccc(-c4ccc5c6c(cccc46)-c4ccccc4O5)c4ccccc34)nc12. The monoisotopic (exact) mass is 524 g/mol. The van der Waals surface area contributed by atoms with Crippen LogP contribution in [0.15, 0.2) is 133 Å². The number of ether oxygens (including phenoxy) is 1. The quantitative estimate of drug-likeness (QED) is 0.244. The molecule has 1 N–H and O–H groups in total. The van der Waals surface area contributed by atoms with E-state index in [4.69, 9.17) is 9.72 Å². The molecule has 0 saturated heterocycles. The van der Waals surface area contributed by atoms with Crippen LogP contribution in [0.4, 0.5) is 0 Å². The number of dihydropyridines is 1. The van der Waals surface area contributed by atoms with Crippen molar-refractivity contribution in [3.63, 3.8) is 0 Å². The van der Waals surface area contributed by atoms with Gasteiger partial charge in [-0.25, -0.2) is 4.98 Å². The molecule has 0 bridgehead atoms. The molecule has 6 aromatic rings. The Morgan fingerprint density at radius 1 is 0.585 bits per heavy atom. The molecule has 3 heteroatoms. The first kappa shape index (κ1) is 22.4. The maximum absolute atomic E-state index is 6.36. The lowest BCUT2D eigenvalue weighted by atomic mass is 9.87. The molecule has 41 heavy (non-hydrogen) atoms. The number of rotatable bonds is 2. The summed E-state index contributed by atoms with van der Waals surface area (Å²) in [5.41, 5.74) is 10.3. The molecule has 2 aliphatic heterocycles. The lowest BCUT2D eigenvalue weighted by Gasteiger charge is -2.26. The van der Waals surface area contributed by atoms with Crippen LogP contribution in [-0.2, 0) is 0 Å². The van der Waals surface area contributed by atoms with Crippen molar-refractivity contribution in [2.75, 3.05) is 0 Å². The molecular formula is C38H24N2O. The van der Waals surface area contributed by atoms with E-state index in [1.54, 1.807) is 0 Å². The Bertz CT molecular complexity index is 2170. The second-order valence-corrected chi connectivity index (χ2v) is 10.8. The van der Waals surface area contributed by atoms with Crippen LogP contribution < -0.4 is 10.1 Å². The van der Waals surface area contributed by atoms with Gasteiger partial charge in [-0.1, -0.05) is 103 Å². The second kappa shape index (κ2) is 8.54. The Morgan fingerprint density at radius 2 is 1.34 bits per heavy atom. The normalized spacial score (nSPS) is 15.9. The summed E-state index contributed by atoms with van der Waals surface area (Å²) in [6, 6.07) is 36.8. The highest BCUT2D eigenvalue weighted by atomic mass is 16.5. The lowest BCUT2D eigenvalue weighted by Crippen LogP contribution is -2.23. The standard InChI is InChI=1S/C38H24N2O/c1-2-9-26-25(8-1)27(17-18-29(26)33-20-16-24-15-14-23-7-6-22-39-37(23)38(24)40-33)28-19-21-35-36-31(28)11-5-12-32(36)30-10-3-4-13-34(30)41-35/h1-22,37,39H. The summed E-state index contributed by atoms with van der Waals surface area (Å²) in [6.07, 6.45) is 10.5. The molecule has 5 aromatic carbocycles. The average Bonchev–Trinajstić information content (AvgIpc) is 3.04. The Morgan fingerprint density at radius 3 is 2.29 bits per heavy atom. The minimum Gasteiger partial charge on any atom is -0.456 e. The van der Waals surface area contributed by atoms with E-state index in [2.05, 4.69) is 115 Å². The summed E-state index contributed by atoms with van der Waals surface area (Å²) in [4.78, 5) is 5.23. The predicted octanol–water partition coefficient (Wildman–Crippen LogP) is 9.61. The van der Waals surface area contributed by atoms with Crippen molar-refractivity contribution in [1.29, 1.82) is 0 Å². The van der Waals surface area contributed by atoms with Gasteiger partial charge in [0.2, 0.25) is 0 Å². The van der Waals surface area contributed by atoms with Crippen LogP contribution in [0.3, 0.4) is 0 Å². The van der Waals surface area contributed by atoms with Crippen LogP contribution in [0.1, 0.15) is 17.3 Å². The van der Waals surface area contributed by atoms with E-state index in [-0.39, 0.29) is 6.04 Å². The number of nitrogens with one attached hydrogen (secondary N) is 1. The topological polar surface area (TPSA) is 34.1 Å². The molecule has 1 atom stereocenters. The summed E-state index contributed by atoms with van der Waals surface area (Å²) in [5, 5.41) is 8.26. The number of fused-ring (bicyclic) bond motifs is 6. The summed E-state index contributed by atoms with van der Waals surface area (Å²) in [5.74, 6) is 1.82. The molecule has 3 nitrogen and oxygen atoms in total. The Kier molecular flexibility index (Phi) is 4.67. The second-order valence-electron chi connectivity index (χ2n) is 10.8. The van der Waals surface area contributed by atoms with Gasteiger partial charge < -0.3 is 10.1 Å². The zero-order valence-electron chi connectivity index (χ0n) is 22.1. The summed E-state index contributed by atoms with van der Waals surface area (Å²) in [6.45, 7) is 0. The smallest absolute Gasteiger partial charge is 0.135 e. The highest BCUT2D eigenvalue weighted by Gasteiger charge is 2.25. The molecule has 3 aliphatic rings. The van der Waals surface area contributed by atoms with Crippen molar-refractivity contribution in [2.24, 2.45) is 0 Å². The summed E-state index contributed by atoms with van der Waals surface area (Å²) < 4.78 is 6.36. The van der Waals surface area contributed by atoms with Crippen molar-refractivity contribution in [2.45, 2.75) is 6.04 Å². The fraction of sp³-hybridized carbons (Fsp3) is 0.0263. The first-order valence-electron chi connectivity index (χ1n) is 14.0. The first-order valence-corrected chi connectivity index (χ1v) is 14.0. The fourth-order valence-corrected chi connectivity index (χ4v) is 6.66. The Hall–Kier alpha value is -5.41. The minimum atomic E-state index is 0.0791. The molecule has 3 heterocycles. The van der Waals surface area contributed by atoms with E-state index < -0.39 is 0 Å². The zero-order chi connectivity index (χ0) is 26.9. The molecule has 0 spiro atoms. The first-order chi connectivity index (χ1) is 20.3. The number of pyridine rings is 1. The van der Waals surface area contributed by atoms with E-state index in [0.717, 1.165) is 39.6 Å². The largest absolute Gasteiger partial charge is 0.456 e. The highest BCUT2D eigenvalue weighted by molar-refractivity contribution is 6.14. The molecule has 192 valence electrons. The number of para-hydroxylation sites is 1. The van der Waals surface area contributed by atoms with Crippen molar-refractivity contribution in [1.82, 2.24) is 10.3 Å². The lowest BCUT2D eigenvalue weighted by molar-refractivity contribution is 0.487. The number of benzene rings is 5. The van der Waals surface area contributed by atoms with Crippen LogP contribution in [0.5, 0.6) is 11.5 Å². The average molecular weight is 525 g/mol. The number of hydrogen-bond acceptors (Lipinski definition) is 3. The third kappa shape index (κ3) is 3.30. The third-order valence-electron chi connectivity index (χ3n) is 8.56. The van der Waals surface area contributed by atoms with Gasteiger partial charge in [-0.2, -0.15) is 0 Å². The van der Waals surface area contributed by atoms with Gasteiger partial charge in [-0.15, -0.1) is 0 Å². The van der Waals surface area contributed by atoms with Gasteiger partial charge in [-0.05, 0) is 74.5 Å². The molecule has 1 aromatic heterocycles. The molecule has 1 aliphatic carbocycles. The van der Waals surface area contributed by atoms with Gasteiger partial charge in [0.05, 0.1) is 17.4 Å². The van der Waals surface area contributed by atoms with Crippen molar-refractivity contribution >= 4 is 27.6 Å². The maximum atomic E-state index is 6.36. The van der Waals surface area contributed by atoms with Crippen molar-refractivity contribution in [3.05, 3.63) is 144 Å². The predicted molar refractivity (Wildman–Crippen MR) is 168 cm³/mol. The minimum absolute atomic E-state index is 0.0791. The van der Waals surface area contributed by atoms with Gasteiger partial charge in [0.25, 0.3) is 0 Å². The maximum Gasteiger partial charge on any atom is 0.135 e. The molecule has 0 radical (unpaired) electrons. The highest BCUT2D eigenvalue weighted by Crippen LogP contribution is 2.49. The molecule has 0 amide bonds. The van der Waals surface area contributed by atoms with E-state index in [1.165, 1.54) is 43.8 Å². The Labute approximate surface area is 237 Å².